The first-order valence-electron chi connectivity index (χ1n) is 6.45. The molecule has 1 rings (SSSR count). The van der Waals surface area contributed by atoms with Crippen molar-refractivity contribution in [3.05, 3.63) is 23.5 Å². The number of carbonyl (C=O) groups is 1. The van der Waals surface area contributed by atoms with E-state index in [0.29, 0.717) is 42.7 Å². The molecule has 0 fully saturated rings. The van der Waals surface area contributed by atoms with Crippen LogP contribution in [0.2, 0.25) is 0 Å². The molecule has 0 spiro atoms. The van der Waals surface area contributed by atoms with Gasteiger partial charge in [-0.05, 0) is 18.9 Å². The monoisotopic (exact) mass is 284 g/mol. The smallest absolute Gasteiger partial charge is 0.217 e. The zero-order chi connectivity index (χ0) is 15.1. The molecule has 20 heavy (non-hydrogen) atoms. The van der Waals surface area contributed by atoms with Gasteiger partial charge < -0.3 is 20.9 Å². The largest absolute Gasteiger partial charge is 0.493 e. The number of hydrogen-bond donors (Lipinski definition) is 2. The van der Waals surface area contributed by atoms with Gasteiger partial charge in [0.2, 0.25) is 5.91 Å². The summed E-state index contributed by atoms with van der Waals surface area (Å²) >= 11 is 0. The normalized spacial score (nSPS) is 12.0. The molecule has 0 aromatic heterocycles. The summed E-state index contributed by atoms with van der Waals surface area (Å²) in [5, 5.41) is 0. The molecule has 4 N–H and O–H groups in total. The van der Waals surface area contributed by atoms with E-state index in [1.165, 1.54) is 20.3 Å². The number of carbonyl (C=O) groups excluding carboxylic acids is 1. The van der Waals surface area contributed by atoms with Gasteiger partial charge in [0.15, 0.2) is 11.5 Å². The summed E-state index contributed by atoms with van der Waals surface area (Å²) in [5.41, 5.74) is 11.4. The third-order valence-corrected chi connectivity index (χ3v) is 3.09. The number of methoxy groups -OCH3 is 2. The molecule has 6 heteroatoms. The summed E-state index contributed by atoms with van der Waals surface area (Å²) in [4.78, 5) is 10.6. The lowest BCUT2D eigenvalue weighted by molar-refractivity contribution is -0.118. The highest BCUT2D eigenvalue weighted by molar-refractivity contribution is 5.73. The maximum atomic E-state index is 14.0. The number of benzene rings is 1. The predicted octanol–water partition coefficient (Wildman–Crippen LogP) is 1.89. The van der Waals surface area contributed by atoms with E-state index in [-0.39, 0.29) is 5.91 Å². The predicted molar refractivity (Wildman–Crippen MR) is 74.1 cm³/mol. The molecular formula is C14H21FN2O3. The molecule has 0 bridgehead atoms. The van der Waals surface area contributed by atoms with E-state index in [2.05, 4.69) is 0 Å². The van der Waals surface area contributed by atoms with E-state index in [4.69, 9.17) is 20.9 Å². The lowest BCUT2D eigenvalue weighted by Gasteiger charge is -2.16. The number of primary amides is 1. The van der Waals surface area contributed by atoms with Gasteiger partial charge in [-0.15, -0.1) is 0 Å². The molecule has 1 aromatic carbocycles. The van der Waals surface area contributed by atoms with Crippen LogP contribution >= 0.6 is 0 Å². The van der Waals surface area contributed by atoms with Crippen LogP contribution in [0.5, 0.6) is 11.5 Å². The van der Waals surface area contributed by atoms with Gasteiger partial charge in [-0.3, -0.25) is 4.79 Å². The van der Waals surface area contributed by atoms with Gasteiger partial charge in [-0.2, -0.15) is 0 Å². The van der Waals surface area contributed by atoms with Gasteiger partial charge >= 0.3 is 0 Å². The number of hydrogen-bond acceptors (Lipinski definition) is 4. The Labute approximate surface area is 118 Å². The van der Waals surface area contributed by atoms with Crippen LogP contribution in [0.4, 0.5) is 4.39 Å². The second-order valence-corrected chi connectivity index (χ2v) is 4.55. The van der Waals surface area contributed by atoms with Crippen molar-refractivity contribution < 1.29 is 18.7 Å². The molecule has 5 nitrogen and oxygen atoms in total. The highest BCUT2D eigenvalue weighted by atomic mass is 19.1. The van der Waals surface area contributed by atoms with E-state index < -0.39 is 11.9 Å². The van der Waals surface area contributed by atoms with Crippen LogP contribution < -0.4 is 20.9 Å². The minimum Gasteiger partial charge on any atom is -0.493 e. The maximum absolute atomic E-state index is 14.0. The Balaban J connectivity index is 2.72. The third kappa shape index (κ3) is 4.38. The SMILES string of the molecule is COc1cc(F)c(C(N)CCCCC(N)=O)cc1OC. The summed E-state index contributed by atoms with van der Waals surface area (Å²) in [6.45, 7) is 0. The van der Waals surface area contributed by atoms with Gasteiger partial charge in [-0.1, -0.05) is 6.42 Å². The minimum absolute atomic E-state index is 0.321. The number of ether oxygens (including phenoxy) is 2. The molecule has 1 aromatic rings. The van der Waals surface area contributed by atoms with Crippen molar-refractivity contribution in [3.8, 4) is 11.5 Å². The van der Waals surface area contributed by atoms with Gasteiger partial charge in [0.05, 0.1) is 14.2 Å². The third-order valence-electron chi connectivity index (χ3n) is 3.09. The number of unbranched alkanes of at least 4 members (excludes halogenated alkanes) is 1. The molecule has 0 saturated heterocycles. The Kier molecular flexibility index (Phi) is 6.24. The molecule has 112 valence electrons. The van der Waals surface area contributed by atoms with Crippen LogP contribution in [0.15, 0.2) is 12.1 Å². The lowest BCUT2D eigenvalue weighted by atomic mass is 10.00. The van der Waals surface area contributed by atoms with Gasteiger partial charge in [0, 0.05) is 24.1 Å². The number of halogens is 1. The summed E-state index contributed by atoms with van der Waals surface area (Å²) in [6, 6.07) is 2.35. The molecule has 0 radical (unpaired) electrons. The molecular weight excluding hydrogens is 263 g/mol. The van der Waals surface area contributed by atoms with E-state index in [1.807, 2.05) is 0 Å². The first kappa shape index (κ1) is 16.2. The number of amides is 1. The van der Waals surface area contributed by atoms with Crippen molar-refractivity contribution in [2.24, 2.45) is 11.5 Å². The zero-order valence-electron chi connectivity index (χ0n) is 11.8. The average Bonchev–Trinajstić information content (AvgIpc) is 2.42. The van der Waals surface area contributed by atoms with Crippen molar-refractivity contribution in [1.82, 2.24) is 0 Å². The van der Waals surface area contributed by atoms with Crippen molar-refractivity contribution >= 4 is 5.91 Å². The first-order valence-corrected chi connectivity index (χ1v) is 6.45. The topological polar surface area (TPSA) is 87.6 Å². The van der Waals surface area contributed by atoms with Gasteiger partial charge in [-0.25, -0.2) is 4.39 Å². The zero-order valence-corrected chi connectivity index (χ0v) is 11.8. The van der Waals surface area contributed by atoms with Crippen LogP contribution in [0.25, 0.3) is 0 Å². The summed E-state index contributed by atoms with van der Waals surface area (Å²) in [6.07, 6.45) is 2.25. The van der Waals surface area contributed by atoms with Gasteiger partial charge in [0.25, 0.3) is 0 Å². The van der Waals surface area contributed by atoms with E-state index >= 15 is 0 Å². The molecule has 1 amide bonds. The van der Waals surface area contributed by atoms with Crippen LogP contribution in [0.3, 0.4) is 0 Å². The summed E-state index contributed by atoms with van der Waals surface area (Å²) in [5.74, 6) is 0.00656. The first-order chi connectivity index (χ1) is 9.49. The highest BCUT2D eigenvalue weighted by Crippen LogP contribution is 2.33. The minimum atomic E-state index is -0.456. The van der Waals surface area contributed by atoms with Crippen molar-refractivity contribution in [3.63, 3.8) is 0 Å². The fourth-order valence-electron chi connectivity index (χ4n) is 1.97. The highest BCUT2D eigenvalue weighted by Gasteiger charge is 2.16. The Bertz CT molecular complexity index is 466. The second kappa shape index (κ2) is 7.69. The molecule has 0 aliphatic rings. The van der Waals surface area contributed by atoms with E-state index in [9.17, 15) is 9.18 Å². The quantitative estimate of drug-likeness (QED) is 0.714. The summed E-state index contributed by atoms with van der Waals surface area (Å²) in [7, 11) is 2.93. The fourth-order valence-corrected chi connectivity index (χ4v) is 1.97. The maximum Gasteiger partial charge on any atom is 0.217 e. The van der Waals surface area contributed by atoms with Crippen molar-refractivity contribution in [2.45, 2.75) is 31.7 Å². The Morgan fingerprint density at radius 3 is 2.40 bits per heavy atom. The summed E-state index contributed by atoms with van der Waals surface area (Å²) < 4.78 is 24.1. The van der Waals surface area contributed by atoms with Crippen molar-refractivity contribution in [1.29, 1.82) is 0 Å². The Morgan fingerprint density at radius 1 is 1.25 bits per heavy atom. The molecule has 0 aliphatic heterocycles. The lowest BCUT2D eigenvalue weighted by Crippen LogP contribution is -2.14. The van der Waals surface area contributed by atoms with Crippen LogP contribution in [0.1, 0.15) is 37.3 Å². The number of nitrogens with two attached hydrogens (primary N) is 2. The van der Waals surface area contributed by atoms with E-state index in [1.54, 1.807) is 6.07 Å². The molecule has 1 unspecified atom stereocenters. The molecule has 0 saturated carbocycles. The molecule has 0 aliphatic carbocycles. The Hall–Kier alpha value is -1.82. The molecule has 0 heterocycles. The van der Waals surface area contributed by atoms with Gasteiger partial charge in [0.1, 0.15) is 5.82 Å². The number of rotatable bonds is 8. The average molecular weight is 284 g/mol. The second-order valence-electron chi connectivity index (χ2n) is 4.55. The Morgan fingerprint density at radius 2 is 1.85 bits per heavy atom. The van der Waals surface area contributed by atoms with E-state index in [0.717, 1.165) is 0 Å². The van der Waals surface area contributed by atoms with Crippen LogP contribution in [-0.4, -0.2) is 20.1 Å². The molecule has 1 atom stereocenters. The fraction of sp³-hybridized carbons (Fsp3) is 0.500. The van der Waals surface area contributed by atoms with Crippen LogP contribution in [-0.2, 0) is 4.79 Å². The van der Waals surface area contributed by atoms with Crippen LogP contribution in [0, 0.1) is 5.82 Å². The standard InChI is InChI=1S/C14H21FN2O3/c1-19-12-7-9(10(15)8-13(12)20-2)11(16)5-3-4-6-14(17)18/h7-8,11H,3-6,16H2,1-2H3,(H2,17,18). The van der Waals surface area contributed by atoms with Crippen molar-refractivity contribution in [2.75, 3.05) is 14.2 Å².